The van der Waals surface area contributed by atoms with E-state index in [9.17, 15) is 4.79 Å². The van der Waals surface area contributed by atoms with Crippen molar-refractivity contribution in [2.24, 2.45) is 0 Å². The van der Waals surface area contributed by atoms with Crippen LogP contribution in [-0.2, 0) is 0 Å². The van der Waals surface area contributed by atoms with Crippen molar-refractivity contribution >= 4 is 17.2 Å². The van der Waals surface area contributed by atoms with Gasteiger partial charge in [0, 0.05) is 5.92 Å². The fraction of sp³-hybridized carbons (Fsp3) is 0.455. The highest BCUT2D eigenvalue weighted by Gasteiger charge is 2.15. The number of nitrogens with zero attached hydrogens (tertiary/aromatic N) is 1. The molecule has 15 heavy (non-hydrogen) atoms. The second kappa shape index (κ2) is 4.94. The number of rotatable bonds is 3. The lowest BCUT2D eigenvalue weighted by Crippen LogP contribution is -2.23. The highest BCUT2D eigenvalue weighted by atomic mass is 32.1. The van der Waals surface area contributed by atoms with Crippen molar-refractivity contribution in [3.63, 3.8) is 0 Å². The standard InChI is InChI=1S/C11H14N2OS/c1-5-6-12-10(14)9-8(4)13-11(15-9)7(2)3/h1,7H,6H2,2-4H3,(H,12,14). The molecule has 0 aliphatic heterocycles. The molecule has 0 aromatic carbocycles. The van der Waals surface area contributed by atoms with Crippen molar-refractivity contribution < 1.29 is 4.79 Å². The van der Waals surface area contributed by atoms with Crippen LogP contribution < -0.4 is 5.32 Å². The predicted molar refractivity (Wildman–Crippen MR) is 62.1 cm³/mol. The normalized spacial score (nSPS) is 10.1. The Morgan fingerprint density at radius 1 is 1.67 bits per heavy atom. The molecule has 1 rings (SSSR count). The second-order valence-electron chi connectivity index (χ2n) is 3.51. The topological polar surface area (TPSA) is 42.0 Å². The molecular formula is C11H14N2OS. The summed E-state index contributed by atoms with van der Waals surface area (Å²) in [6, 6.07) is 0. The van der Waals surface area contributed by atoms with Gasteiger partial charge in [-0.25, -0.2) is 4.98 Å². The van der Waals surface area contributed by atoms with Gasteiger partial charge in [-0.1, -0.05) is 19.8 Å². The predicted octanol–water partition coefficient (Wildman–Crippen LogP) is 1.94. The molecule has 1 N–H and O–H groups in total. The van der Waals surface area contributed by atoms with E-state index >= 15 is 0 Å². The molecule has 80 valence electrons. The highest BCUT2D eigenvalue weighted by molar-refractivity contribution is 7.13. The lowest BCUT2D eigenvalue weighted by Gasteiger charge is -1.98. The average molecular weight is 222 g/mol. The van der Waals surface area contributed by atoms with Gasteiger partial charge in [-0.2, -0.15) is 0 Å². The van der Waals surface area contributed by atoms with E-state index in [0.717, 1.165) is 10.7 Å². The maximum Gasteiger partial charge on any atom is 0.264 e. The molecule has 1 aromatic rings. The number of carbonyl (C=O) groups excluding carboxylic acids is 1. The molecule has 4 heteroatoms. The van der Waals surface area contributed by atoms with Gasteiger partial charge < -0.3 is 5.32 Å². The molecule has 0 saturated carbocycles. The number of thiazole rings is 1. The highest BCUT2D eigenvalue weighted by Crippen LogP contribution is 2.24. The van der Waals surface area contributed by atoms with Crippen LogP contribution in [0.1, 0.15) is 40.1 Å². The molecule has 0 aliphatic rings. The summed E-state index contributed by atoms with van der Waals surface area (Å²) in [5.41, 5.74) is 0.776. The zero-order valence-corrected chi connectivity index (χ0v) is 9.94. The van der Waals surface area contributed by atoms with E-state index in [2.05, 4.69) is 30.1 Å². The fourth-order valence-electron chi connectivity index (χ4n) is 1.09. The van der Waals surface area contributed by atoms with E-state index in [1.807, 2.05) is 6.92 Å². The van der Waals surface area contributed by atoms with E-state index in [-0.39, 0.29) is 12.5 Å². The third-order valence-electron chi connectivity index (χ3n) is 1.86. The SMILES string of the molecule is C#CCNC(=O)c1sc(C(C)C)nc1C. The summed E-state index contributed by atoms with van der Waals surface area (Å²) in [7, 11) is 0. The number of amides is 1. The minimum absolute atomic E-state index is 0.130. The molecule has 1 heterocycles. The summed E-state index contributed by atoms with van der Waals surface area (Å²) in [5, 5.41) is 3.62. The molecular weight excluding hydrogens is 208 g/mol. The lowest BCUT2D eigenvalue weighted by molar-refractivity contribution is 0.0962. The van der Waals surface area contributed by atoms with E-state index < -0.39 is 0 Å². The van der Waals surface area contributed by atoms with Gasteiger partial charge in [-0.3, -0.25) is 4.79 Å². The minimum atomic E-state index is -0.130. The summed E-state index contributed by atoms with van der Waals surface area (Å²) in [6.45, 7) is 6.21. The summed E-state index contributed by atoms with van der Waals surface area (Å²) < 4.78 is 0. The molecule has 3 nitrogen and oxygen atoms in total. The maximum atomic E-state index is 11.6. The van der Waals surface area contributed by atoms with Crippen molar-refractivity contribution in [3.8, 4) is 12.3 Å². The first kappa shape index (κ1) is 11.7. The van der Waals surface area contributed by atoms with E-state index in [4.69, 9.17) is 6.42 Å². The number of hydrogen-bond acceptors (Lipinski definition) is 3. The van der Waals surface area contributed by atoms with E-state index in [0.29, 0.717) is 10.8 Å². The van der Waals surface area contributed by atoms with Crippen molar-refractivity contribution in [2.75, 3.05) is 6.54 Å². The first-order valence-corrected chi connectivity index (χ1v) is 5.57. The third-order valence-corrected chi connectivity index (χ3v) is 3.32. The maximum absolute atomic E-state index is 11.6. The van der Waals surface area contributed by atoms with Gasteiger partial charge in [0.05, 0.1) is 17.2 Å². The average Bonchev–Trinajstić information content (AvgIpc) is 2.57. The molecule has 0 radical (unpaired) electrons. The van der Waals surface area contributed by atoms with Gasteiger partial charge in [0.25, 0.3) is 5.91 Å². The van der Waals surface area contributed by atoms with Gasteiger partial charge in [-0.05, 0) is 6.92 Å². The molecule has 0 spiro atoms. The van der Waals surface area contributed by atoms with Crippen molar-refractivity contribution in [1.82, 2.24) is 10.3 Å². The van der Waals surface area contributed by atoms with Crippen LogP contribution >= 0.6 is 11.3 Å². The first-order chi connectivity index (χ1) is 7.06. The van der Waals surface area contributed by atoms with Crippen LogP contribution in [-0.4, -0.2) is 17.4 Å². The zero-order chi connectivity index (χ0) is 11.4. The number of carbonyl (C=O) groups is 1. The largest absolute Gasteiger partial charge is 0.340 e. The summed E-state index contributed by atoms with van der Waals surface area (Å²) in [6.07, 6.45) is 5.07. The van der Waals surface area contributed by atoms with Crippen LogP contribution in [0.5, 0.6) is 0 Å². The van der Waals surface area contributed by atoms with E-state index in [1.165, 1.54) is 11.3 Å². The lowest BCUT2D eigenvalue weighted by atomic mass is 10.2. The quantitative estimate of drug-likeness (QED) is 0.794. The number of aromatic nitrogens is 1. The fourth-order valence-corrected chi connectivity index (χ4v) is 2.07. The Labute approximate surface area is 93.9 Å². The van der Waals surface area contributed by atoms with Crippen molar-refractivity contribution in [3.05, 3.63) is 15.6 Å². The van der Waals surface area contributed by atoms with Crippen LogP contribution in [0, 0.1) is 19.3 Å². The second-order valence-corrected chi connectivity index (χ2v) is 4.54. The Morgan fingerprint density at radius 3 is 2.80 bits per heavy atom. The van der Waals surface area contributed by atoms with E-state index in [1.54, 1.807) is 0 Å². The molecule has 0 aliphatic carbocycles. The van der Waals surface area contributed by atoms with Crippen LogP contribution in [0.15, 0.2) is 0 Å². The minimum Gasteiger partial charge on any atom is -0.340 e. The van der Waals surface area contributed by atoms with Crippen molar-refractivity contribution in [1.29, 1.82) is 0 Å². The van der Waals surface area contributed by atoms with Crippen LogP contribution in [0.25, 0.3) is 0 Å². The van der Waals surface area contributed by atoms with Gasteiger partial charge >= 0.3 is 0 Å². The molecule has 1 aromatic heterocycles. The number of terminal acetylenes is 1. The Bertz CT molecular complexity index is 401. The van der Waals surface area contributed by atoms with Crippen LogP contribution in [0.3, 0.4) is 0 Å². The molecule has 0 fully saturated rings. The molecule has 0 unspecified atom stereocenters. The third kappa shape index (κ3) is 2.80. The summed E-state index contributed by atoms with van der Waals surface area (Å²) in [4.78, 5) is 16.6. The smallest absolute Gasteiger partial charge is 0.264 e. The molecule has 0 saturated heterocycles. The van der Waals surface area contributed by atoms with Crippen LogP contribution in [0.4, 0.5) is 0 Å². The van der Waals surface area contributed by atoms with Gasteiger partial charge in [0.2, 0.25) is 0 Å². The van der Waals surface area contributed by atoms with Gasteiger partial charge in [0.15, 0.2) is 0 Å². The molecule has 0 bridgehead atoms. The number of hydrogen-bond donors (Lipinski definition) is 1. The van der Waals surface area contributed by atoms with Crippen LogP contribution in [0.2, 0.25) is 0 Å². The number of aryl methyl sites for hydroxylation is 1. The zero-order valence-electron chi connectivity index (χ0n) is 9.13. The Balaban J connectivity index is 2.86. The summed E-state index contributed by atoms with van der Waals surface area (Å²) in [5.74, 6) is 2.59. The Hall–Kier alpha value is -1.34. The molecule has 1 amide bonds. The monoisotopic (exact) mass is 222 g/mol. The van der Waals surface area contributed by atoms with Crippen molar-refractivity contribution in [2.45, 2.75) is 26.7 Å². The molecule has 0 atom stereocenters. The van der Waals surface area contributed by atoms with Gasteiger partial charge in [-0.15, -0.1) is 17.8 Å². The number of nitrogens with one attached hydrogen (secondary N) is 1. The first-order valence-electron chi connectivity index (χ1n) is 4.75. The van der Waals surface area contributed by atoms with Gasteiger partial charge in [0.1, 0.15) is 4.88 Å². The Kier molecular flexibility index (Phi) is 3.87. The summed E-state index contributed by atoms with van der Waals surface area (Å²) >= 11 is 1.43. The Morgan fingerprint density at radius 2 is 2.33 bits per heavy atom.